The van der Waals surface area contributed by atoms with Crippen molar-refractivity contribution < 1.29 is 4.39 Å². The fourth-order valence-corrected chi connectivity index (χ4v) is 1.70. The van der Waals surface area contributed by atoms with Gasteiger partial charge in [0.15, 0.2) is 0 Å². The van der Waals surface area contributed by atoms with Crippen molar-refractivity contribution in [3.8, 4) is 11.8 Å². The molecule has 0 aromatic heterocycles. The molecule has 1 aromatic rings. The summed E-state index contributed by atoms with van der Waals surface area (Å²) in [7, 11) is 1.92. The quantitative estimate of drug-likeness (QED) is 0.767. The fourth-order valence-electron chi connectivity index (χ4n) is 1.70. The number of nitrogens with one attached hydrogen (secondary N) is 1. The second-order valence-electron chi connectivity index (χ2n) is 3.82. The minimum absolute atomic E-state index is 0.146. The van der Waals surface area contributed by atoms with Crippen LogP contribution >= 0.6 is 0 Å². The molecule has 1 nitrogen and oxygen atoms in total. The first-order valence-electron chi connectivity index (χ1n) is 5.52. The van der Waals surface area contributed by atoms with Crippen LogP contribution in [0.15, 0.2) is 18.2 Å². The van der Waals surface area contributed by atoms with Crippen LogP contribution < -0.4 is 5.32 Å². The van der Waals surface area contributed by atoms with E-state index in [1.165, 1.54) is 6.07 Å². The molecule has 0 spiro atoms. The van der Waals surface area contributed by atoms with Crippen molar-refractivity contribution in [3.63, 3.8) is 0 Å². The van der Waals surface area contributed by atoms with E-state index in [-0.39, 0.29) is 11.9 Å². The summed E-state index contributed by atoms with van der Waals surface area (Å²) >= 11 is 0. The van der Waals surface area contributed by atoms with Gasteiger partial charge in [-0.05, 0) is 44.5 Å². The van der Waals surface area contributed by atoms with Crippen molar-refractivity contribution in [2.24, 2.45) is 0 Å². The monoisotopic (exact) mass is 219 g/mol. The highest BCUT2D eigenvalue weighted by Gasteiger charge is 2.09. The number of benzene rings is 1. The van der Waals surface area contributed by atoms with Crippen LogP contribution in [-0.2, 0) is 0 Å². The second kappa shape index (κ2) is 6.30. The van der Waals surface area contributed by atoms with Gasteiger partial charge in [-0.2, -0.15) is 0 Å². The van der Waals surface area contributed by atoms with Gasteiger partial charge in [-0.15, -0.1) is 11.8 Å². The van der Waals surface area contributed by atoms with Crippen molar-refractivity contribution in [2.45, 2.75) is 32.7 Å². The average Bonchev–Trinajstić information content (AvgIpc) is 2.29. The third-order valence-electron chi connectivity index (χ3n) is 2.67. The second-order valence-corrected chi connectivity index (χ2v) is 3.82. The zero-order valence-electron chi connectivity index (χ0n) is 10.1. The lowest BCUT2D eigenvalue weighted by atomic mass is 10.0. The number of hydrogen-bond acceptors (Lipinski definition) is 1. The largest absolute Gasteiger partial charge is 0.313 e. The van der Waals surface area contributed by atoms with Gasteiger partial charge >= 0.3 is 0 Å². The molecule has 0 aliphatic rings. The minimum atomic E-state index is -0.146. The molecule has 0 radical (unpaired) electrons. The average molecular weight is 219 g/mol. The molecule has 0 aliphatic heterocycles. The highest BCUT2D eigenvalue weighted by atomic mass is 19.1. The Morgan fingerprint density at radius 1 is 1.44 bits per heavy atom. The Balaban J connectivity index is 2.77. The summed E-state index contributed by atoms with van der Waals surface area (Å²) in [4.78, 5) is 0. The lowest BCUT2D eigenvalue weighted by Crippen LogP contribution is -2.16. The fraction of sp³-hybridized carbons (Fsp3) is 0.429. The van der Waals surface area contributed by atoms with E-state index in [1.54, 1.807) is 6.92 Å². The Morgan fingerprint density at radius 3 is 2.75 bits per heavy atom. The van der Waals surface area contributed by atoms with Gasteiger partial charge in [0, 0.05) is 12.5 Å². The Hall–Kier alpha value is -1.33. The highest BCUT2D eigenvalue weighted by Crippen LogP contribution is 2.20. The number of hydrogen-bond donors (Lipinski definition) is 1. The molecule has 1 aromatic carbocycles. The Morgan fingerprint density at radius 2 is 2.19 bits per heavy atom. The van der Waals surface area contributed by atoms with E-state index in [0.717, 1.165) is 18.4 Å². The molecule has 1 unspecified atom stereocenters. The summed E-state index contributed by atoms with van der Waals surface area (Å²) in [5.74, 6) is 5.78. The molecular formula is C14H18FN. The molecule has 0 fully saturated rings. The van der Waals surface area contributed by atoms with Crippen LogP contribution in [0, 0.1) is 24.6 Å². The standard InChI is InChI=1S/C14H18FN/c1-4-5-6-7-14(16-3)12-8-9-13(15)11(2)10-12/h8-10,14,16H,6-7H2,1-3H3. The SMILES string of the molecule is CC#CCCC(NC)c1ccc(F)c(C)c1. The summed E-state index contributed by atoms with van der Waals surface area (Å²) < 4.78 is 13.1. The van der Waals surface area contributed by atoms with E-state index in [9.17, 15) is 4.39 Å². The summed E-state index contributed by atoms with van der Waals surface area (Å²) in [5, 5.41) is 3.23. The molecule has 1 rings (SSSR count). The van der Waals surface area contributed by atoms with Gasteiger partial charge in [-0.1, -0.05) is 12.1 Å². The Labute approximate surface area is 97.1 Å². The summed E-state index contributed by atoms with van der Waals surface area (Å²) in [6.45, 7) is 3.63. The molecule has 2 heteroatoms. The summed E-state index contributed by atoms with van der Waals surface area (Å²) in [6.07, 6.45) is 1.81. The van der Waals surface area contributed by atoms with Gasteiger partial charge in [-0.3, -0.25) is 0 Å². The van der Waals surface area contributed by atoms with E-state index in [1.807, 2.05) is 26.1 Å². The highest BCUT2D eigenvalue weighted by molar-refractivity contribution is 5.26. The molecule has 0 saturated heterocycles. The first-order valence-corrected chi connectivity index (χ1v) is 5.52. The normalized spacial score (nSPS) is 11.8. The van der Waals surface area contributed by atoms with E-state index in [2.05, 4.69) is 17.2 Å². The summed E-state index contributed by atoms with van der Waals surface area (Å²) in [5.41, 5.74) is 1.82. The molecule has 0 bridgehead atoms. The van der Waals surface area contributed by atoms with E-state index in [0.29, 0.717) is 5.56 Å². The molecule has 86 valence electrons. The van der Waals surface area contributed by atoms with Crippen molar-refractivity contribution in [2.75, 3.05) is 7.05 Å². The maximum atomic E-state index is 13.1. The molecule has 0 aliphatic carbocycles. The van der Waals surface area contributed by atoms with Gasteiger partial charge in [0.05, 0.1) is 0 Å². The van der Waals surface area contributed by atoms with Crippen LogP contribution in [0.3, 0.4) is 0 Å². The van der Waals surface area contributed by atoms with Crippen LogP contribution in [0.5, 0.6) is 0 Å². The smallest absolute Gasteiger partial charge is 0.126 e. The lowest BCUT2D eigenvalue weighted by molar-refractivity contribution is 0.554. The van der Waals surface area contributed by atoms with Crippen molar-refractivity contribution >= 4 is 0 Å². The first kappa shape index (κ1) is 12.7. The lowest BCUT2D eigenvalue weighted by Gasteiger charge is -2.16. The van der Waals surface area contributed by atoms with Crippen molar-refractivity contribution in [3.05, 3.63) is 35.1 Å². The molecular weight excluding hydrogens is 201 g/mol. The van der Waals surface area contributed by atoms with E-state index < -0.39 is 0 Å². The van der Waals surface area contributed by atoms with Gasteiger partial charge in [-0.25, -0.2) is 4.39 Å². The van der Waals surface area contributed by atoms with Crippen LogP contribution in [-0.4, -0.2) is 7.05 Å². The van der Waals surface area contributed by atoms with Crippen LogP contribution in [0.1, 0.15) is 36.9 Å². The number of rotatable bonds is 4. The zero-order chi connectivity index (χ0) is 12.0. The third kappa shape index (κ3) is 3.36. The molecule has 0 heterocycles. The van der Waals surface area contributed by atoms with Crippen LogP contribution in [0.2, 0.25) is 0 Å². The maximum Gasteiger partial charge on any atom is 0.126 e. The van der Waals surface area contributed by atoms with Gasteiger partial charge in [0.25, 0.3) is 0 Å². The molecule has 0 amide bonds. The summed E-state index contributed by atoms with van der Waals surface area (Å²) in [6, 6.07) is 5.51. The van der Waals surface area contributed by atoms with Gasteiger partial charge in [0.1, 0.15) is 5.82 Å². The molecule has 1 N–H and O–H groups in total. The van der Waals surface area contributed by atoms with Gasteiger partial charge in [0.2, 0.25) is 0 Å². The first-order chi connectivity index (χ1) is 7.69. The molecule has 0 saturated carbocycles. The van der Waals surface area contributed by atoms with Crippen LogP contribution in [0.25, 0.3) is 0 Å². The van der Waals surface area contributed by atoms with Crippen molar-refractivity contribution in [1.29, 1.82) is 0 Å². The van der Waals surface area contributed by atoms with E-state index >= 15 is 0 Å². The topological polar surface area (TPSA) is 12.0 Å². The van der Waals surface area contributed by atoms with Crippen molar-refractivity contribution in [1.82, 2.24) is 5.32 Å². The van der Waals surface area contributed by atoms with Gasteiger partial charge < -0.3 is 5.32 Å². The predicted molar refractivity (Wildman–Crippen MR) is 65.6 cm³/mol. The zero-order valence-corrected chi connectivity index (χ0v) is 10.1. The molecule has 16 heavy (non-hydrogen) atoms. The Kier molecular flexibility index (Phi) is 5.01. The third-order valence-corrected chi connectivity index (χ3v) is 2.67. The maximum absolute atomic E-state index is 13.1. The van der Waals surface area contributed by atoms with E-state index in [4.69, 9.17) is 0 Å². The molecule has 1 atom stereocenters. The predicted octanol–water partition coefficient (Wildman–Crippen LogP) is 3.20. The Bertz CT molecular complexity index is 401. The number of halogens is 1. The van der Waals surface area contributed by atoms with Crippen LogP contribution in [0.4, 0.5) is 4.39 Å². The number of aryl methyl sites for hydroxylation is 1. The minimum Gasteiger partial charge on any atom is -0.313 e.